The second kappa shape index (κ2) is 12.2. The molecule has 9 heteroatoms. The standard InChI is InChI=1S/C27H32ClN3O4S/c1-35-19-3-4-23-21(17-19)25(22(28)18-30-23)24(32)5-8-27(26(33)34)9-14-31(15-10-27)13-2-16-36-20-6-11-29-12-7-20/h3-4,6-7,11-12,17-18,24,32H,2,5,8-10,13-16H2,1H3,(H,33,34)/t24-/m0/s1. The number of halogens is 1. The summed E-state index contributed by atoms with van der Waals surface area (Å²) in [5.74, 6) is 0.880. The van der Waals surface area contributed by atoms with E-state index < -0.39 is 17.5 Å². The maximum Gasteiger partial charge on any atom is 0.309 e. The highest BCUT2D eigenvalue weighted by Gasteiger charge is 2.41. The molecule has 2 N–H and O–H groups in total. The van der Waals surface area contributed by atoms with Crippen LogP contribution in [0.25, 0.3) is 10.9 Å². The van der Waals surface area contributed by atoms with Gasteiger partial charge < -0.3 is 19.8 Å². The molecular weight excluding hydrogens is 498 g/mol. The average Bonchev–Trinajstić information content (AvgIpc) is 2.90. The molecule has 1 aliphatic rings. The minimum absolute atomic E-state index is 0.310. The van der Waals surface area contributed by atoms with Crippen molar-refractivity contribution in [2.45, 2.75) is 43.1 Å². The summed E-state index contributed by atoms with van der Waals surface area (Å²) in [6.07, 6.45) is 7.14. The number of carboxylic acids is 1. The molecule has 3 aromatic rings. The lowest BCUT2D eigenvalue weighted by molar-refractivity contribution is -0.153. The number of aliphatic hydroxyl groups is 1. The minimum Gasteiger partial charge on any atom is -0.497 e. The van der Waals surface area contributed by atoms with Crippen LogP contribution >= 0.6 is 23.4 Å². The Balaban J connectivity index is 1.34. The van der Waals surface area contributed by atoms with E-state index in [-0.39, 0.29) is 0 Å². The van der Waals surface area contributed by atoms with Crippen molar-refractivity contribution in [2.24, 2.45) is 5.41 Å². The number of carboxylic acid groups (broad SMARTS) is 1. The Kier molecular flexibility index (Phi) is 9.06. The lowest BCUT2D eigenvalue weighted by atomic mass is 9.74. The van der Waals surface area contributed by atoms with Crippen molar-refractivity contribution < 1.29 is 19.7 Å². The number of aromatic nitrogens is 2. The summed E-state index contributed by atoms with van der Waals surface area (Å²) in [6.45, 7) is 2.45. The number of carbonyl (C=O) groups is 1. The van der Waals surface area contributed by atoms with E-state index >= 15 is 0 Å². The molecule has 7 nitrogen and oxygen atoms in total. The van der Waals surface area contributed by atoms with Crippen molar-refractivity contribution in [1.82, 2.24) is 14.9 Å². The predicted octanol–water partition coefficient (Wildman–Crippen LogP) is 5.45. The molecule has 1 aliphatic heterocycles. The fraction of sp³-hybridized carbons (Fsp3) is 0.444. The highest BCUT2D eigenvalue weighted by atomic mass is 35.5. The zero-order chi connectivity index (χ0) is 25.5. The van der Waals surface area contributed by atoms with Gasteiger partial charge in [-0.15, -0.1) is 11.8 Å². The average molecular weight is 530 g/mol. The van der Waals surface area contributed by atoms with Gasteiger partial charge in [0.05, 0.1) is 29.2 Å². The van der Waals surface area contributed by atoms with Crippen LogP contribution in [0, 0.1) is 5.41 Å². The van der Waals surface area contributed by atoms with Crippen molar-refractivity contribution in [3.63, 3.8) is 0 Å². The highest BCUT2D eigenvalue weighted by molar-refractivity contribution is 7.99. The van der Waals surface area contributed by atoms with E-state index in [0.717, 1.165) is 37.2 Å². The topological polar surface area (TPSA) is 95.8 Å². The summed E-state index contributed by atoms with van der Waals surface area (Å²) in [6, 6.07) is 9.47. The lowest BCUT2D eigenvalue weighted by Gasteiger charge is -2.39. The van der Waals surface area contributed by atoms with Crippen LogP contribution in [0.5, 0.6) is 5.75 Å². The Morgan fingerprint density at radius 3 is 2.69 bits per heavy atom. The number of piperidine rings is 1. The monoisotopic (exact) mass is 529 g/mol. The number of nitrogens with zero attached hydrogens (tertiary/aromatic N) is 3. The highest BCUT2D eigenvalue weighted by Crippen LogP contribution is 2.41. The van der Waals surface area contributed by atoms with Gasteiger partial charge in [-0.3, -0.25) is 14.8 Å². The lowest BCUT2D eigenvalue weighted by Crippen LogP contribution is -2.44. The number of aliphatic carboxylic acids is 1. The summed E-state index contributed by atoms with van der Waals surface area (Å²) in [5, 5.41) is 22.3. The molecule has 1 fully saturated rings. The smallest absolute Gasteiger partial charge is 0.309 e. The SMILES string of the molecule is COc1ccc2ncc(Cl)c([C@@H](O)CCC3(C(=O)O)CCN(CCCSc4ccncc4)CC3)c2c1. The summed E-state index contributed by atoms with van der Waals surface area (Å²) < 4.78 is 5.33. The van der Waals surface area contributed by atoms with Crippen LogP contribution in [0.3, 0.4) is 0 Å². The van der Waals surface area contributed by atoms with Crippen molar-refractivity contribution in [2.75, 3.05) is 32.5 Å². The quantitative estimate of drug-likeness (QED) is 0.250. The van der Waals surface area contributed by atoms with Gasteiger partial charge >= 0.3 is 5.97 Å². The first kappa shape index (κ1) is 26.7. The third-order valence-electron chi connectivity index (χ3n) is 7.10. The Morgan fingerprint density at radius 2 is 2.00 bits per heavy atom. The van der Waals surface area contributed by atoms with Gasteiger partial charge in [-0.25, -0.2) is 0 Å². The summed E-state index contributed by atoms with van der Waals surface area (Å²) in [7, 11) is 1.58. The van der Waals surface area contributed by atoms with Crippen LogP contribution < -0.4 is 4.74 Å². The van der Waals surface area contributed by atoms with E-state index in [9.17, 15) is 15.0 Å². The van der Waals surface area contributed by atoms with Gasteiger partial charge in [0.2, 0.25) is 0 Å². The number of fused-ring (bicyclic) bond motifs is 1. The molecule has 0 saturated carbocycles. The first-order valence-electron chi connectivity index (χ1n) is 12.2. The van der Waals surface area contributed by atoms with Crippen LogP contribution in [0.15, 0.2) is 53.8 Å². The molecule has 0 bridgehead atoms. The molecule has 0 unspecified atom stereocenters. The summed E-state index contributed by atoms with van der Waals surface area (Å²) in [5.41, 5.74) is 0.443. The Hall–Kier alpha value is -2.39. The first-order chi connectivity index (χ1) is 17.4. The first-order valence-corrected chi connectivity index (χ1v) is 13.6. The van der Waals surface area contributed by atoms with Crippen LogP contribution in [0.4, 0.5) is 0 Å². The number of benzene rings is 1. The largest absolute Gasteiger partial charge is 0.497 e. The number of hydrogen-bond donors (Lipinski definition) is 2. The van der Waals surface area contributed by atoms with Crippen molar-refractivity contribution in [1.29, 1.82) is 0 Å². The fourth-order valence-electron chi connectivity index (χ4n) is 4.88. The van der Waals surface area contributed by atoms with E-state index in [2.05, 4.69) is 14.9 Å². The molecule has 0 aliphatic carbocycles. The van der Waals surface area contributed by atoms with Crippen LogP contribution in [-0.2, 0) is 4.79 Å². The molecule has 1 atom stereocenters. The molecule has 2 aromatic heterocycles. The van der Waals surface area contributed by atoms with E-state index in [1.165, 1.54) is 11.1 Å². The van der Waals surface area contributed by atoms with Crippen molar-refractivity contribution in [3.8, 4) is 5.75 Å². The Morgan fingerprint density at radius 1 is 1.25 bits per heavy atom. The summed E-state index contributed by atoms with van der Waals surface area (Å²) >= 11 is 8.26. The van der Waals surface area contributed by atoms with Crippen molar-refractivity contribution >= 4 is 40.2 Å². The molecule has 1 saturated heterocycles. The normalized spacial score (nSPS) is 16.6. The third-order valence-corrected chi connectivity index (χ3v) is 8.50. The second-order valence-electron chi connectivity index (χ2n) is 9.27. The van der Waals surface area contributed by atoms with Gasteiger partial charge in [0.1, 0.15) is 5.75 Å². The number of pyridine rings is 2. The number of hydrogen-bond acceptors (Lipinski definition) is 7. The Bertz CT molecular complexity index is 1170. The fourth-order valence-corrected chi connectivity index (χ4v) is 5.98. The van der Waals surface area contributed by atoms with Gasteiger partial charge in [0, 0.05) is 34.4 Å². The zero-order valence-electron chi connectivity index (χ0n) is 20.4. The van der Waals surface area contributed by atoms with Gasteiger partial charge in [0.25, 0.3) is 0 Å². The number of likely N-dealkylation sites (tertiary alicyclic amines) is 1. The van der Waals surface area contributed by atoms with Gasteiger partial charge in [0.15, 0.2) is 0 Å². The van der Waals surface area contributed by atoms with Crippen LogP contribution in [0.1, 0.15) is 43.8 Å². The maximum absolute atomic E-state index is 12.4. The molecule has 36 heavy (non-hydrogen) atoms. The molecule has 4 rings (SSSR count). The van der Waals surface area contributed by atoms with Crippen LogP contribution in [0.2, 0.25) is 5.02 Å². The molecule has 1 aromatic carbocycles. The number of methoxy groups -OCH3 is 1. The number of rotatable bonds is 11. The number of aliphatic hydroxyl groups excluding tert-OH is 1. The maximum atomic E-state index is 12.4. The van der Waals surface area contributed by atoms with Gasteiger partial charge in [-0.2, -0.15) is 0 Å². The molecule has 192 valence electrons. The van der Waals surface area contributed by atoms with Gasteiger partial charge in [-0.05, 0) is 87.8 Å². The third kappa shape index (κ3) is 6.29. The zero-order valence-corrected chi connectivity index (χ0v) is 22.0. The second-order valence-corrected chi connectivity index (χ2v) is 10.8. The molecule has 3 heterocycles. The van der Waals surface area contributed by atoms with E-state index in [1.54, 1.807) is 19.5 Å². The molecular formula is C27H32ClN3O4S. The minimum atomic E-state index is -0.894. The molecule has 0 radical (unpaired) electrons. The Labute approximate surface area is 220 Å². The summed E-state index contributed by atoms with van der Waals surface area (Å²) in [4.78, 5) is 24.3. The predicted molar refractivity (Wildman–Crippen MR) is 143 cm³/mol. The number of thioether (sulfide) groups is 1. The van der Waals surface area contributed by atoms with E-state index in [4.69, 9.17) is 16.3 Å². The van der Waals surface area contributed by atoms with E-state index in [0.29, 0.717) is 47.5 Å². The van der Waals surface area contributed by atoms with E-state index in [1.807, 2.05) is 42.1 Å². The molecule has 0 spiro atoms. The molecule has 0 amide bonds. The number of ether oxygens (including phenoxy) is 1. The van der Waals surface area contributed by atoms with Gasteiger partial charge in [-0.1, -0.05) is 11.6 Å². The van der Waals surface area contributed by atoms with Crippen molar-refractivity contribution in [3.05, 3.63) is 59.5 Å². The van der Waals surface area contributed by atoms with Crippen LogP contribution in [-0.4, -0.2) is 63.5 Å².